The zero-order valence-corrected chi connectivity index (χ0v) is 31.0. The molecule has 1 saturated carbocycles. The first-order valence-electron chi connectivity index (χ1n) is 19.5. The third kappa shape index (κ3) is 5.90. The zero-order chi connectivity index (χ0) is 37.5. The fourth-order valence-corrected chi connectivity index (χ4v) is 9.01. The smallest absolute Gasteiger partial charge is 0.164 e. The van der Waals surface area contributed by atoms with Crippen molar-refractivity contribution in [3.63, 3.8) is 0 Å². The Morgan fingerprint density at radius 2 is 0.857 bits per heavy atom. The molecular weight excluding hydrogens is 681 g/mol. The predicted octanol–water partition coefficient (Wildman–Crippen LogP) is 13.0. The fourth-order valence-electron chi connectivity index (χ4n) is 9.01. The van der Waals surface area contributed by atoms with E-state index < -0.39 is 0 Å². The van der Waals surface area contributed by atoms with Crippen LogP contribution in [-0.4, -0.2) is 15.0 Å². The van der Waals surface area contributed by atoms with Crippen LogP contribution in [0.25, 0.3) is 78.7 Å². The van der Waals surface area contributed by atoms with Crippen LogP contribution in [0.4, 0.5) is 0 Å². The second kappa shape index (κ2) is 14.0. The number of rotatable bonds is 6. The van der Waals surface area contributed by atoms with Crippen LogP contribution in [0.3, 0.4) is 0 Å². The van der Waals surface area contributed by atoms with Gasteiger partial charge in [-0.3, -0.25) is 0 Å². The highest BCUT2D eigenvalue weighted by Crippen LogP contribution is 2.58. The topological polar surface area (TPSA) is 62.5 Å². The molecular formula is C52H38N4. The van der Waals surface area contributed by atoms with Gasteiger partial charge in [0.1, 0.15) is 0 Å². The van der Waals surface area contributed by atoms with Crippen LogP contribution in [0.1, 0.15) is 48.8 Å². The normalized spacial score (nSPS) is 13.8. The molecule has 4 nitrogen and oxygen atoms in total. The van der Waals surface area contributed by atoms with Crippen molar-refractivity contribution in [2.75, 3.05) is 0 Å². The largest absolute Gasteiger partial charge is 0.208 e. The molecule has 0 N–H and O–H groups in total. The summed E-state index contributed by atoms with van der Waals surface area (Å²) in [6, 6.07) is 61.9. The van der Waals surface area contributed by atoms with Crippen LogP contribution < -0.4 is 0 Å². The highest BCUT2D eigenvalue weighted by atomic mass is 15.0. The summed E-state index contributed by atoms with van der Waals surface area (Å²) in [5.41, 5.74) is 15.7. The molecule has 1 spiro atoms. The van der Waals surface area contributed by atoms with Gasteiger partial charge in [-0.1, -0.05) is 177 Å². The Balaban J connectivity index is 1.05. The molecule has 1 fully saturated rings. The van der Waals surface area contributed by atoms with E-state index in [1.54, 1.807) is 0 Å². The highest BCUT2D eigenvalue weighted by Gasteiger charge is 2.44. The first-order chi connectivity index (χ1) is 27.7. The minimum Gasteiger partial charge on any atom is -0.208 e. The van der Waals surface area contributed by atoms with Crippen LogP contribution in [-0.2, 0) is 5.41 Å². The summed E-state index contributed by atoms with van der Waals surface area (Å²) in [6.07, 6.45) is 6.02. The third-order valence-electron chi connectivity index (χ3n) is 11.8. The number of benzene rings is 7. The summed E-state index contributed by atoms with van der Waals surface area (Å²) >= 11 is 0. The summed E-state index contributed by atoms with van der Waals surface area (Å²) in [6.45, 7) is 0. The standard InChI is InChI=1S/C52H38N4/c53-34-35-17-30-46-45(33-35)48-44(15-10-16-47(48)52(46)31-8-3-9-32-52)40-22-28-43(29-23-40)51-55-49(41-24-18-38(19-25-41)36-11-4-1-5-12-36)54-50(56-51)42-26-20-39(21-27-42)37-13-6-2-7-14-37/h1-2,4-7,10-30,33H,3,8-9,31-32H2. The van der Waals surface area contributed by atoms with Gasteiger partial charge in [0.05, 0.1) is 11.6 Å². The molecule has 56 heavy (non-hydrogen) atoms. The second-order valence-corrected chi connectivity index (χ2v) is 15.0. The average Bonchev–Trinajstić information content (AvgIpc) is 3.55. The number of hydrogen-bond acceptors (Lipinski definition) is 4. The Kier molecular flexibility index (Phi) is 8.42. The van der Waals surface area contributed by atoms with E-state index in [0.717, 1.165) is 46.2 Å². The average molecular weight is 719 g/mol. The van der Waals surface area contributed by atoms with E-state index in [4.69, 9.17) is 15.0 Å². The summed E-state index contributed by atoms with van der Waals surface area (Å²) in [5.74, 6) is 1.88. The van der Waals surface area contributed by atoms with E-state index in [9.17, 15) is 5.26 Å². The first-order valence-corrected chi connectivity index (χ1v) is 19.5. The van der Waals surface area contributed by atoms with Crippen molar-refractivity contribution in [2.45, 2.75) is 37.5 Å². The van der Waals surface area contributed by atoms with E-state index in [1.165, 1.54) is 58.2 Å². The van der Waals surface area contributed by atoms with Crippen LogP contribution in [0.15, 0.2) is 170 Å². The summed E-state index contributed by atoms with van der Waals surface area (Å²) in [4.78, 5) is 15.2. The van der Waals surface area contributed by atoms with E-state index in [2.05, 4.69) is 158 Å². The van der Waals surface area contributed by atoms with Crippen molar-refractivity contribution in [1.29, 1.82) is 5.26 Å². The van der Waals surface area contributed by atoms with Crippen molar-refractivity contribution in [1.82, 2.24) is 15.0 Å². The Bertz CT molecular complexity index is 2640. The minimum absolute atomic E-state index is 0.0170. The molecule has 2 aliphatic rings. The maximum absolute atomic E-state index is 9.88. The predicted molar refractivity (Wildman–Crippen MR) is 226 cm³/mol. The lowest BCUT2D eigenvalue weighted by Crippen LogP contribution is -2.28. The van der Waals surface area contributed by atoms with Gasteiger partial charge in [0.15, 0.2) is 17.5 Å². The Morgan fingerprint density at radius 1 is 0.393 bits per heavy atom. The van der Waals surface area contributed by atoms with Crippen LogP contribution in [0.2, 0.25) is 0 Å². The molecule has 1 heterocycles. The molecule has 1 aromatic heterocycles. The van der Waals surface area contributed by atoms with Gasteiger partial charge < -0.3 is 0 Å². The molecule has 266 valence electrons. The molecule has 4 heteroatoms. The van der Waals surface area contributed by atoms with Crippen molar-refractivity contribution < 1.29 is 0 Å². The van der Waals surface area contributed by atoms with Gasteiger partial charge in [0.2, 0.25) is 0 Å². The molecule has 0 atom stereocenters. The van der Waals surface area contributed by atoms with Gasteiger partial charge in [-0.2, -0.15) is 5.26 Å². The molecule has 7 aromatic carbocycles. The number of fused-ring (bicyclic) bond motifs is 5. The lowest BCUT2D eigenvalue weighted by molar-refractivity contribution is 0.353. The van der Waals surface area contributed by atoms with Crippen LogP contribution >= 0.6 is 0 Å². The Morgan fingerprint density at radius 3 is 1.36 bits per heavy atom. The minimum atomic E-state index is 0.0170. The zero-order valence-electron chi connectivity index (χ0n) is 31.0. The molecule has 0 radical (unpaired) electrons. The van der Waals surface area contributed by atoms with Gasteiger partial charge in [-0.25, -0.2) is 15.0 Å². The van der Waals surface area contributed by atoms with Gasteiger partial charge >= 0.3 is 0 Å². The van der Waals surface area contributed by atoms with E-state index in [-0.39, 0.29) is 5.41 Å². The van der Waals surface area contributed by atoms with Gasteiger partial charge in [0.25, 0.3) is 0 Å². The molecule has 0 unspecified atom stereocenters. The summed E-state index contributed by atoms with van der Waals surface area (Å²) in [7, 11) is 0. The first kappa shape index (κ1) is 33.6. The van der Waals surface area contributed by atoms with E-state index in [1.807, 2.05) is 18.2 Å². The highest BCUT2D eigenvalue weighted by molar-refractivity contribution is 5.93. The molecule has 0 saturated heterocycles. The van der Waals surface area contributed by atoms with Gasteiger partial charge in [0, 0.05) is 22.1 Å². The van der Waals surface area contributed by atoms with Gasteiger partial charge in [-0.15, -0.1) is 0 Å². The number of aromatic nitrogens is 3. The number of nitriles is 1. The molecule has 0 amide bonds. The van der Waals surface area contributed by atoms with Crippen molar-refractivity contribution in [3.8, 4) is 84.7 Å². The van der Waals surface area contributed by atoms with Crippen molar-refractivity contribution in [3.05, 3.63) is 187 Å². The lowest BCUT2D eigenvalue weighted by atomic mass is 9.67. The Hall–Kier alpha value is -6.96. The van der Waals surface area contributed by atoms with Crippen molar-refractivity contribution >= 4 is 0 Å². The maximum atomic E-state index is 9.88. The van der Waals surface area contributed by atoms with Crippen molar-refractivity contribution in [2.24, 2.45) is 0 Å². The molecule has 0 bridgehead atoms. The van der Waals surface area contributed by atoms with Crippen LogP contribution in [0.5, 0.6) is 0 Å². The van der Waals surface area contributed by atoms with Crippen LogP contribution in [0, 0.1) is 11.3 Å². The molecule has 8 aromatic rings. The maximum Gasteiger partial charge on any atom is 0.164 e. The Labute approximate surface area is 327 Å². The van der Waals surface area contributed by atoms with E-state index in [0.29, 0.717) is 23.0 Å². The van der Waals surface area contributed by atoms with Gasteiger partial charge in [-0.05, 0) is 80.6 Å². The number of hydrogen-bond donors (Lipinski definition) is 0. The SMILES string of the molecule is N#Cc1ccc2c(c1)-c1c(-c3ccc(-c4nc(-c5ccc(-c6ccccc6)cc5)nc(-c5ccc(-c6ccccc6)cc5)n4)cc3)cccc1C21CCCCC1. The number of nitrogens with zero attached hydrogens (tertiary/aromatic N) is 4. The molecule has 10 rings (SSSR count). The van der Waals surface area contributed by atoms with E-state index >= 15 is 0 Å². The quantitative estimate of drug-likeness (QED) is 0.172. The lowest BCUT2D eigenvalue weighted by Gasteiger charge is -2.36. The summed E-state index contributed by atoms with van der Waals surface area (Å²) in [5, 5.41) is 9.88. The second-order valence-electron chi connectivity index (χ2n) is 15.0. The monoisotopic (exact) mass is 718 g/mol. The third-order valence-corrected chi connectivity index (χ3v) is 11.8. The fraction of sp³-hybridized carbons (Fsp3) is 0.115. The summed E-state index contributed by atoms with van der Waals surface area (Å²) < 4.78 is 0. The molecule has 0 aliphatic heterocycles. The molecule has 2 aliphatic carbocycles.